The predicted octanol–water partition coefficient (Wildman–Crippen LogP) is 0.723. The highest BCUT2D eigenvalue weighted by Crippen LogP contribution is 2.22. The number of carbonyl (C=O) groups is 3. The van der Waals surface area contributed by atoms with Crippen LogP contribution >= 0.6 is 0 Å². The Bertz CT molecular complexity index is 764. The minimum atomic E-state index is -0.357. The zero-order chi connectivity index (χ0) is 17.1. The maximum Gasteiger partial charge on any atom is 0.261 e. The van der Waals surface area contributed by atoms with E-state index in [1.807, 2.05) is 0 Å². The summed E-state index contributed by atoms with van der Waals surface area (Å²) in [4.78, 5) is 41.3. The van der Waals surface area contributed by atoms with Gasteiger partial charge in [-0.2, -0.15) is 4.98 Å². The fourth-order valence-corrected chi connectivity index (χ4v) is 2.49. The van der Waals surface area contributed by atoms with Gasteiger partial charge in [-0.25, -0.2) is 0 Å². The third kappa shape index (κ3) is 3.17. The van der Waals surface area contributed by atoms with E-state index in [9.17, 15) is 14.4 Å². The number of rotatable bonds is 6. The molecular weight excluding hydrogens is 312 g/mol. The molecule has 0 atom stereocenters. The summed E-state index contributed by atoms with van der Waals surface area (Å²) in [6, 6.07) is 6.64. The highest BCUT2D eigenvalue weighted by molar-refractivity contribution is 6.21. The lowest BCUT2D eigenvalue weighted by atomic mass is 10.1. The fourth-order valence-electron chi connectivity index (χ4n) is 2.49. The van der Waals surface area contributed by atoms with Crippen molar-refractivity contribution in [2.45, 2.75) is 19.8 Å². The Kier molecular flexibility index (Phi) is 4.37. The number of carbonyl (C=O) groups excluding carboxylic acids is 3. The van der Waals surface area contributed by atoms with Gasteiger partial charge in [0.25, 0.3) is 11.8 Å². The zero-order valence-electron chi connectivity index (χ0n) is 13.1. The molecule has 0 unspecified atom stereocenters. The number of amides is 3. The maximum absolute atomic E-state index is 12.2. The standard InChI is InChI=1S/C16H16N4O4/c1-10-18-14(24-19-10)6-8-17-13(21)7-9-20-15(22)11-4-2-3-5-12(11)16(20)23/h2-5H,6-9H2,1H3,(H,17,21). The Labute approximate surface area is 137 Å². The van der Waals surface area contributed by atoms with Gasteiger partial charge < -0.3 is 9.84 Å². The molecule has 1 aliphatic rings. The van der Waals surface area contributed by atoms with Crippen LogP contribution in [0.2, 0.25) is 0 Å². The van der Waals surface area contributed by atoms with Crippen molar-refractivity contribution < 1.29 is 18.9 Å². The van der Waals surface area contributed by atoms with Gasteiger partial charge in [0, 0.05) is 25.9 Å². The summed E-state index contributed by atoms with van der Waals surface area (Å²) in [6.45, 7) is 2.12. The normalized spacial score (nSPS) is 13.3. The van der Waals surface area contributed by atoms with Crippen LogP contribution in [-0.4, -0.2) is 45.9 Å². The van der Waals surface area contributed by atoms with Crippen LogP contribution in [0.3, 0.4) is 0 Å². The Hall–Kier alpha value is -3.03. The minimum Gasteiger partial charge on any atom is -0.356 e. The van der Waals surface area contributed by atoms with Crippen LogP contribution in [0.25, 0.3) is 0 Å². The van der Waals surface area contributed by atoms with Gasteiger partial charge in [-0.3, -0.25) is 19.3 Å². The molecule has 0 saturated carbocycles. The Morgan fingerprint density at radius 1 is 1.21 bits per heavy atom. The van der Waals surface area contributed by atoms with Crippen LogP contribution in [0.4, 0.5) is 0 Å². The second kappa shape index (κ2) is 6.61. The van der Waals surface area contributed by atoms with Gasteiger partial charge in [0.15, 0.2) is 5.82 Å². The monoisotopic (exact) mass is 328 g/mol. The van der Waals surface area contributed by atoms with Gasteiger partial charge in [0.1, 0.15) is 0 Å². The number of imide groups is 1. The third-order valence-electron chi connectivity index (χ3n) is 3.67. The van der Waals surface area contributed by atoms with E-state index in [1.165, 1.54) is 0 Å². The van der Waals surface area contributed by atoms with Crippen LogP contribution in [0.5, 0.6) is 0 Å². The van der Waals surface area contributed by atoms with E-state index in [2.05, 4.69) is 15.5 Å². The second-order valence-corrected chi connectivity index (χ2v) is 5.39. The predicted molar refractivity (Wildman–Crippen MR) is 82.2 cm³/mol. The van der Waals surface area contributed by atoms with Crippen LogP contribution in [0, 0.1) is 6.92 Å². The summed E-state index contributed by atoms with van der Waals surface area (Å²) in [7, 11) is 0. The van der Waals surface area contributed by atoms with Gasteiger partial charge in [-0.1, -0.05) is 17.3 Å². The van der Waals surface area contributed by atoms with Crippen LogP contribution in [-0.2, 0) is 11.2 Å². The second-order valence-electron chi connectivity index (χ2n) is 5.39. The number of aromatic nitrogens is 2. The van der Waals surface area contributed by atoms with Crippen molar-refractivity contribution in [3.8, 4) is 0 Å². The summed E-state index contributed by atoms with van der Waals surface area (Å²) in [5.41, 5.74) is 0.768. The molecule has 124 valence electrons. The van der Waals surface area contributed by atoms with Crippen molar-refractivity contribution in [2.24, 2.45) is 0 Å². The first kappa shape index (κ1) is 15.9. The summed E-state index contributed by atoms with van der Waals surface area (Å²) in [5, 5.41) is 6.36. The largest absolute Gasteiger partial charge is 0.356 e. The van der Waals surface area contributed by atoms with Crippen LogP contribution in [0.1, 0.15) is 38.9 Å². The first-order chi connectivity index (χ1) is 11.6. The number of nitrogens with one attached hydrogen (secondary N) is 1. The van der Waals surface area contributed by atoms with E-state index in [0.717, 1.165) is 4.90 Å². The molecule has 1 aliphatic heterocycles. The van der Waals surface area contributed by atoms with Crippen molar-refractivity contribution >= 4 is 17.7 Å². The van der Waals surface area contributed by atoms with E-state index in [-0.39, 0.29) is 30.7 Å². The lowest BCUT2D eigenvalue weighted by molar-refractivity contribution is -0.121. The first-order valence-corrected chi connectivity index (χ1v) is 7.57. The quantitative estimate of drug-likeness (QED) is 0.783. The molecule has 3 rings (SSSR count). The molecule has 8 nitrogen and oxygen atoms in total. The van der Waals surface area contributed by atoms with E-state index in [4.69, 9.17) is 4.52 Å². The molecule has 24 heavy (non-hydrogen) atoms. The molecule has 0 spiro atoms. The number of nitrogens with zero attached hydrogens (tertiary/aromatic N) is 3. The molecule has 0 fully saturated rings. The van der Waals surface area contributed by atoms with Gasteiger partial charge in [-0.15, -0.1) is 0 Å². The molecule has 1 aromatic carbocycles. The van der Waals surface area contributed by atoms with Crippen molar-refractivity contribution in [2.75, 3.05) is 13.1 Å². The molecule has 2 aromatic rings. The van der Waals surface area contributed by atoms with Gasteiger partial charge in [0.2, 0.25) is 11.8 Å². The fraction of sp³-hybridized carbons (Fsp3) is 0.312. The molecular formula is C16H16N4O4. The average Bonchev–Trinajstić information content (AvgIpc) is 3.09. The SMILES string of the molecule is Cc1noc(CCNC(=O)CCN2C(=O)c3ccccc3C2=O)n1. The Morgan fingerprint density at radius 2 is 1.88 bits per heavy atom. The minimum absolute atomic E-state index is 0.0499. The van der Waals surface area contributed by atoms with Crippen molar-refractivity contribution in [3.63, 3.8) is 0 Å². The van der Waals surface area contributed by atoms with E-state index in [0.29, 0.717) is 35.8 Å². The smallest absolute Gasteiger partial charge is 0.261 e. The van der Waals surface area contributed by atoms with E-state index < -0.39 is 0 Å². The number of aryl methyl sites for hydroxylation is 1. The molecule has 8 heteroatoms. The highest BCUT2D eigenvalue weighted by atomic mass is 16.5. The molecule has 1 aromatic heterocycles. The molecule has 0 bridgehead atoms. The van der Waals surface area contributed by atoms with Crippen molar-refractivity contribution in [1.29, 1.82) is 0 Å². The van der Waals surface area contributed by atoms with Gasteiger partial charge >= 0.3 is 0 Å². The number of fused-ring (bicyclic) bond motifs is 1. The molecule has 0 aliphatic carbocycles. The summed E-state index contributed by atoms with van der Waals surface area (Å²) >= 11 is 0. The van der Waals surface area contributed by atoms with E-state index >= 15 is 0 Å². The number of hydrogen-bond donors (Lipinski definition) is 1. The van der Waals surface area contributed by atoms with Crippen LogP contribution in [0.15, 0.2) is 28.8 Å². The van der Waals surface area contributed by atoms with Crippen molar-refractivity contribution in [3.05, 3.63) is 47.1 Å². The topological polar surface area (TPSA) is 105 Å². The summed E-state index contributed by atoms with van der Waals surface area (Å²) < 4.78 is 4.94. The van der Waals surface area contributed by atoms with Crippen molar-refractivity contribution in [1.82, 2.24) is 20.4 Å². The summed E-state index contributed by atoms with van der Waals surface area (Å²) in [5.74, 6) is 0.0346. The Balaban J connectivity index is 1.47. The molecule has 3 amide bonds. The lowest BCUT2D eigenvalue weighted by Gasteiger charge is -2.13. The number of hydrogen-bond acceptors (Lipinski definition) is 6. The van der Waals surface area contributed by atoms with Gasteiger partial charge in [-0.05, 0) is 19.1 Å². The molecule has 0 saturated heterocycles. The third-order valence-corrected chi connectivity index (χ3v) is 3.67. The number of benzene rings is 1. The lowest BCUT2D eigenvalue weighted by Crippen LogP contribution is -2.35. The molecule has 2 heterocycles. The molecule has 0 radical (unpaired) electrons. The van der Waals surface area contributed by atoms with Crippen LogP contribution < -0.4 is 5.32 Å². The first-order valence-electron chi connectivity index (χ1n) is 7.57. The van der Waals surface area contributed by atoms with E-state index in [1.54, 1.807) is 31.2 Å². The van der Waals surface area contributed by atoms with Gasteiger partial charge in [0.05, 0.1) is 11.1 Å². The average molecular weight is 328 g/mol. The summed E-state index contributed by atoms with van der Waals surface area (Å²) in [6.07, 6.45) is 0.480. The maximum atomic E-state index is 12.2. The zero-order valence-corrected chi connectivity index (χ0v) is 13.1. The highest BCUT2D eigenvalue weighted by Gasteiger charge is 2.34. The Morgan fingerprint density at radius 3 is 2.46 bits per heavy atom. The molecule has 1 N–H and O–H groups in total.